The van der Waals surface area contributed by atoms with Crippen LogP contribution in [0, 0.1) is 5.82 Å². The lowest BCUT2D eigenvalue weighted by Crippen LogP contribution is -2.20. The molecule has 1 heterocycles. The molecule has 1 aromatic rings. The van der Waals surface area contributed by atoms with Gasteiger partial charge in [0.2, 0.25) is 0 Å². The number of benzene rings is 1. The molecule has 0 spiro atoms. The lowest BCUT2D eigenvalue weighted by atomic mass is 10.1. The molecule has 5 nitrogen and oxygen atoms in total. The van der Waals surface area contributed by atoms with Gasteiger partial charge in [0, 0.05) is 6.42 Å². The van der Waals surface area contributed by atoms with Gasteiger partial charge in [0.15, 0.2) is 11.5 Å². The predicted octanol–water partition coefficient (Wildman–Crippen LogP) is 1.73. The molecule has 0 atom stereocenters. The minimum atomic E-state index is -1.11. The first kappa shape index (κ1) is 13.3. The van der Waals surface area contributed by atoms with Gasteiger partial charge >= 0.3 is 5.97 Å². The van der Waals surface area contributed by atoms with E-state index in [0.717, 1.165) is 6.07 Å². The van der Waals surface area contributed by atoms with Crippen molar-refractivity contribution < 1.29 is 28.2 Å². The van der Waals surface area contributed by atoms with Crippen LogP contribution in [0.3, 0.4) is 0 Å². The highest BCUT2D eigenvalue weighted by Crippen LogP contribution is 2.35. The van der Waals surface area contributed by atoms with E-state index < -0.39 is 23.1 Å². The van der Waals surface area contributed by atoms with E-state index >= 15 is 0 Å². The summed E-state index contributed by atoms with van der Waals surface area (Å²) in [6, 6.07) is 2.44. The first-order valence-electron chi connectivity index (χ1n) is 5.94. The maximum Gasteiger partial charge on any atom is 0.379 e. The number of fused-ring (bicyclic) bond motifs is 1. The van der Waals surface area contributed by atoms with Crippen molar-refractivity contribution in [1.29, 1.82) is 0 Å². The molecule has 0 unspecified atom stereocenters. The molecule has 0 fully saturated rings. The van der Waals surface area contributed by atoms with Crippen molar-refractivity contribution in [2.75, 3.05) is 19.8 Å². The zero-order chi connectivity index (χ0) is 13.8. The number of ketones is 1. The number of carbonyl (C=O) groups excluding carboxylic acids is 2. The van der Waals surface area contributed by atoms with Crippen molar-refractivity contribution in [2.24, 2.45) is 0 Å². The highest BCUT2D eigenvalue weighted by atomic mass is 19.1. The van der Waals surface area contributed by atoms with Crippen LogP contribution in [0.5, 0.6) is 11.5 Å². The van der Waals surface area contributed by atoms with E-state index in [9.17, 15) is 14.0 Å². The zero-order valence-corrected chi connectivity index (χ0v) is 10.4. The number of rotatable bonds is 3. The Kier molecular flexibility index (Phi) is 3.99. The minimum absolute atomic E-state index is 0.0319. The summed E-state index contributed by atoms with van der Waals surface area (Å²) >= 11 is 0. The zero-order valence-electron chi connectivity index (χ0n) is 10.4. The number of carbonyl (C=O) groups is 2. The molecular weight excluding hydrogens is 255 g/mol. The maximum atomic E-state index is 13.8. The number of ether oxygens (including phenoxy) is 3. The molecular formula is C13H13FO5. The van der Waals surface area contributed by atoms with E-state index in [2.05, 4.69) is 4.74 Å². The van der Waals surface area contributed by atoms with Gasteiger partial charge in [-0.2, -0.15) is 0 Å². The molecule has 2 rings (SSSR count). The smallest absolute Gasteiger partial charge is 0.379 e. The fourth-order valence-corrected chi connectivity index (χ4v) is 1.72. The highest BCUT2D eigenvalue weighted by molar-refractivity contribution is 6.41. The molecule has 6 heteroatoms. The quantitative estimate of drug-likeness (QED) is 0.474. The number of hydrogen-bond donors (Lipinski definition) is 0. The van der Waals surface area contributed by atoms with Gasteiger partial charge in [-0.15, -0.1) is 0 Å². The molecule has 19 heavy (non-hydrogen) atoms. The Bertz CT molecular complexity index is 512. The van der Waals surface area contributed by atoms with E-state index in [1.807, 2.05) is 0 Å². The summed E-state index contributed by atoms with van der Waals surface area (Å²) in [5.74, 6) is -2.78. The Balaban J connectivity index is 2.44. The summed E-state index contributed by atoms with van der Waals surface area (Å²) in [5, 5.41) is 0. The second kappa shape index (κ2) is 5.69. The summed E-state index contributed by atoms with van der Waals surface area (Å²) in [4.78, 5) is 23.3. The third-order valence-corrected chi connectivity index (χ3v) is 2.55. The van der Waals surface area contributed by atoms with Crippen molar-refractivity contribution in [3.8, 4) is 11.5 Å². The van der Waals surface area contributed by atoms with Gasteiger partial charge < -0.3 is 14.2 Å². The van der Waals surface area contributed by atoms with E-state index in [4.69, 9.17) is 9.47 Å². The largest absolute Gasteiger partial charge is 0.490 e. The average Bonchev–Trinajstić information content (AvgIpc) is 2.63. The van der Waals surface area contributed by atoms with Crippen LogP contribution in [0.1, 0.15) is 23.7 Å². The number of hydrogen-bond acceptors (Lipinski definition) is 5. The molecule has 0 radical (unpaired) electrons. The van der Waals surface area contributed by atoms with Crippen LogP contribution in [-0.4, -0.2) is 31.6 Å². The Labute approximate surface area is 109 Å². The number of Topliss-reactive ketones (excluding diaryl/α,β-unsaturated/α-hetero) is 1. The van der Waals surface area contributed by atoms with Gasteiger partial charge in [-0.05, 0) is 19.1 Å². The topological polar surface area (TPSA) is 61.8 Å². The van der Waals surface area contributed by atoms with Crippen LogP contribution in [-0.2, 0) is 9.53 Å². The second-order valence-electron chi connectivity index (χ2n) is 3.85. The number of esters is 1. The van der Waals surface area contributed by atoms with Crippen molar-refractivity contribution in [1.82, 2.24) is 0 Å². The molecule has 0 aliphatic carbocycles. The van der Waals surface area contributed by atoms with Crippen molar-refractivity contribution in [3.63, 3.8) is 0 Å². The molecule has 0 bridgehead atoms. The van der Waals surface area contributed by atoms with Gasteiger partial charge in [-0.25, -0.2) is 9.18 Å². The van der Waals surface area contributed by atoms with Crippen molar-refractivity contribution in [2.45, 2.75) is 13.3 Å². The van der Waals surface area contributed by atoms with Crippen molar-refractivity contribution >= 4 is 11.8 Å². The third-order valence-electron chi connectivity index (χ3n) is 2.55. The standard InChI is InChI=1S/C13H13FO5/c1-2-17-13(16)11(15)10-8(14)4-5-9-12(10)19-7-3-6-18-9/h4-5H,2-3,6-7H2,1H3. The van der Waals surface area contributed by atoms with Gasteiger partial charge in [0.25, 0.3) is 5.78 Å². The number of halogens is 1. The molecule has 0 aromatic heterocycles. The lowest BCUT2D eigenvalue weighted by molar-refractivity contribution is -0.137. The molecule has 1 aliphatic rings. The Morgan fingerprint density at radius 2 is 2.05 bits per heavy atom. The van der Waals surface area contributed by atoms with Crippen LogP contribution in [0.15, 0.2) is 12.1 Å². The van der Waals surface area contributed by atoms with Crippen LogP contribution < -0.4 is 9.47 Å². The van der Waals surface area contributed by atoms with E-state index in [-0.39, 0.29) is 18.1 Å². The molecule has 0 N–H and O–H groups in total. The van der Waals surface area contributed by atoms with E-state index in [0.29, 0.717) is 19.6 Å². The SMILES string of the molecule is CCOC(=O)C(=O)c1c(F)ccc2c1OCCCO2. The molecule has 0 amide bonds. The fourth-order valence-electron chi connectivity index (χ4n) is 1.72. The highest BCUT2D eigenvalue weighted by Gasteiger charge is 2.29. The fraction of sp³-hybridized carbons (Fsp3) is 0.385. The monoisotopic (exact) mass is 268 g/mol. The van der Waals surface area contributed by atoms with Gasteiger partial charge in [0.1, 0.15) is 11.4 Å². The minimum Gasteiger partial charge on any atom is -0.490 e. The Hall–Kier alpha value is -2.11. The first-order chi connectivity index (χ1) is 9.15. The summed E-state index contributed by atoms with van der Waals surface area (Å²) in [6.07, 6.45) is 0.614. The average molecular weight is 268 g/mol. The van der Waals surface area contributed by atoms with Gasteiger partial charge in [0.05, 0.1) is 19.8 Å². The Morgan fingerprint density at radius 3 is 2.79 bits per heavy atom. The second-order valence-corrected chi connectivity index (χ2v) is 3.85. The normalized spacial score (nSPS) is 13.6. The first-order valence-corrected chi connectivity index (χ1v) is 5.94. The molecule has 0 saturated carbocycles. The van der Waals surface area contributed by atoms with Gasteiger partial charge in [-0.1, -0.05) is 0 Å². The van der Waals surface area contributed by atoms with Crippen LogP contribution in [0.4, 0.5) is 4.39 Å². The van der Waals surface area contributed by atoms with Crippen LogP contribution >= 0.6 is 0 Å². The van der Waals surface area contributed by atoms with E-state index in [1.165, 1.54) is 6.07 Å². The summed E-state index contributed by atoms with van der Waals surface area (Å²) < 4.78 is 29.0. The molecule has 102 valence electrons. The van der Waals surface area contributed by atoms with E-state index in [1.54, 1.807) is 6.92 Å². The molecule has 0 saturated heterocycles. The van der Waals surface area contributed by atoms with Crippen molar-refractivity contribution in [3.05, 3.63) is 23.5 Å². The molecule has 1 aliphatic heterocycles. The third kappa shape index (κ3) is 2.67. The summed E-state index contributed by atoms with van der Waals surface area (Å²) in [7, 11) is 0. The molecule has 1 aromatic carbocycles. The maximum absolute atomic E-state index is 13.8. The van der Waals surface area contributed by atoms with Crippen LogP contribution in [0.2, 0.25) is 0 Å². The van der Waals surface area contributed by atoms with Gasteiger partial charge in [-0.3, -0.25) is 4.79 Å². The summed E-state index contributed by atoms with van der Waals surface area (Å²) in [6.45, 7) is 2.30. The predicted molar refractivity (Wildman–Crippen MR) is 63.0 cm³/mol. The summed E-state index contributed by atoms with van der Waals surface area (Å²) in [5.41, 5.74) is -0.433. The van der Waals surface area contributed by atoms with Crippen LogP contribution in [0.25, 0.3) is 0 Å². The Morgan fingerprint density at radius 1 is 1.32 bits per heavy atom. The lowest BCUT2D eigenvalue weighted by Gasteiger charge is -2.11.